The van der Waals surface area contributed by atoms with Gasteiger partial charge in [0.15, 0.2) is 0 Å². The average Bonchev–Trinajstić information content (AvgIpc) is 2.07. The highest BCUT2D eigenvalue weighted by molar-refractivity contribution is 8.03. The van der Waals surface area contributed by atoms with Crippen LogP contribution in [0.1, 0.15) is 5.56 Å². The highest BCUT2D eigenvalue weighted by Gasteiger charge is 2.34. The molecule has 0 aliphatic heterocycles. The van der Waals surface area contributed by atoms with E-state index in [1.165, 1.54) is 6.07 Å². The van der Waals surface area contributed by atoms with Crippen LogP contribution >= 0.6 is 11.8 Å². The predicted octanol–water partition coefficient (Wildman–Crippen LogP) is 2.98. The van der Waals surface area contributed by atoms with E-state index in [-0.39, 0.29) is 4.90 Å². The van der Waals surface area contributed by atoms with Crippen molar-refractivity contribution in [1.82, 2.24) is 0 Å². The van der Waals surface area contributed by atoms with Crippen LogP contribution < -0.4 is 0 Å². The lowest BCUT2D eigenvalue weighted by atomic mass is 10.2. The van der Waals surface area contributed by atoms with Gasteiger partial charge in [-0.3, -0.25) is 0 Å². The molecular weight excluding hydrogens is 215 g/mol. The van der Waals surface area contributed by atoms with E-state index in [2.05, 4.69) is 0 Å². The summed E-state index contributed by atoms with van der Waals surface area (Å²) in [6, 6.07) is 2.91. The summed E-state index contributed by atoms with van der Waals surface area (Å²) in [7, 11) is 0. The number of benzene rings is 1. The van der Waals surface area contributed by atoms with Gasteiger partial charge in [0, 0.05) is 4.90 Å². The number of phenols is 1. The molecule has 0 aliphatic carbocycles. The van der Waals surface area contributed by atoms with Gasteiger partial charge in [0.25, 0.3) is 0 Å². The summed E-state index contributed by atoms with van der Waals surface area (Å²) < 4.78 is 36.7. The molecule has 0 spiro atoms. The van der Waals surface area contributed by atoms with Gasteiger partial charge >= 0.3 is 6.18 Å². The first-order valence-corrected chi connectivity index (χ1v) is 4.23. The van der Waals surface area contributed by atoms with Crippen LogP contribution in [0.15, 0.2) is 23.1 Å². The number of aromatic hydroxyl groups is 1. The summed E-state index contributed by atoms with van der Waals surface area (Å²) >= 11 is 0.609. The molecule has 0 aromatic heterocycles. The minimum Gasteiger partial charge on any atom is -0.507 e. The summed E-state index contributed by atoms with van der Waals surface area (Å²) in [5.74, 6) is -0.834. The molecule has 1 aromatic carbocycles. The van der Waals surface area contributed by atoms with E-state index < -0.39 is 17.5 Å². The quantitative estimate of drug-likeness (QED) is 0.583. The fourth-order valence-corrected chi connectivity index (χ4v) is 1.28. The second-order valence-electron chi connectivity index (χ2n) is 2.37. The molecule has 6 heteroatoms. The molecule has 2 nitrogen and oxygen atoms in total. The minimum atomic E-state index is -4.60. The van der Waals surface area contributed by atoms with Crippen molar-refractivity contribution in [1.29, 1.82) is 5.26 Å². The minimum absolute atomic E-state index is 0.151. The Morgan fingerprint density at radius 2 is 2.00 bits per heavy atom. The molecule has 0 bridgehead atoms. The normalized spacial score (nSPS) is 11.0. The standard InChI is InChI=1S/C8H4F3NOS/c9-8(10,11)6-3-5(14-4-12)1-2-7(6)13/h1-3,13H. The van der Waals surface area contributed by atoms with E-state index in [9.17, 15) is 13.2 Å². The average molecular weight is 219 g/mol. The van der Waals surface area contributed by atoms with Crippen LogP contribution in [0, 0.1) is 10.7 Å². The maximum absolute atomic E-state index is 12.2. The van der Waals surface area contributed by atoms with Crippen molar-refractivity contribution >= 4 is 11.8 Å². The molecule has 0 atom stereocenters. The summed E-state index contributed by atoms with van der Waals surface area (Å²) in [6.07, 6.45) is -4.60. The summed E-state index contributed by atoms with van der Waals surface area (Å²) in [6.45, 7) is 0. The molecule has 1 aromatic rings. The number of halogens is 3. The van der Waals surface area contributed by atoms with Crippen LogP contribution in [0.2, 0.25) is 0 Å². The molecule has 0 amide bonds. The van der Waals surface area contributed by atoms with Gasteiger partial charge in [-0.15, -0.1) is 0 Å². The second-order valence-corrected chi connectivity index (χ2v) is 3.23. The van der Waals surface area contributed by atoms with E-state index in [0.29, 0.717) is 11.8 Å². The van der Waals surface area contributed by atoms with Gasteiger partial charge in [-0.2, -0.15) is 18.4 Å². The van der Waals surface area contributed by atoms with Crippen molar-refractivity contribution in [2.75, 3.05) is 0 Å². The molecule has 0 saturated heterocycles. The van der Waals surface area contributed by atoms with Crippen molar-refractivity contribution in [2.45, 2.75) is 11.1 Å². The largest absolute Gasteiger partial charge is 0.507 e. The van der Waals surface area contributed by atoms with Crippen molar-refractivity contribution in [3.8, 4) is 11.2 Å². The number of nitriles is 1. The number of hydrogen-bond acceptors (Lipinski definition) is 3. The number of nitrogens with zero attached hydrogens (tertiary/aromatic N) is 1. The lowest BCUT2D eigenvalue weighted by Gasteiger charge is -2.09. The Bertz CT molecular complexity index is 383. The molecule has 74 valence electrons. The van der Waals surface area contributed by atoms with E-state index >= 15 is 0 Å². The molecule has 0 radical (unpaired) electrons. The van der Waals surface area contributed by atoms with Gasteiger partial charge in [-0.05, 0) is 30.0 Å². The molecule has 1 N–H and O–H groups in total. The van der Waals surface area contributed by atoms with Gasteiger partial charge in [0.05, 0.1) is 5.56 Å². The van der Waals surface area contributed by atoms with Crippen LogP contribution in [0.4, 0.5) is 13.2 Å². The predicted molar refractivity (Wildman–Crippen MR) is 44.6 cm³/mol. The summed E-state index contributed by atoms with van der Waals surface area (Å²) in [5, 5.41) is 18.8. The monoisotopic (exact) mass is 219 g/mol. The fourth-order valence-electron chi connectivity index (χ4n) is 0.858. The Morgan fingerprint density at radius 3 is 2.50 bits per heavy atom. The van der Waals surface area contributed by atoms with Crippen LogP contribution in [0.25, 0.3) is 0 Å². The molecule has 0 aliphatic rings. The molecule has 0 saturated carbocycles. The zero-order valence-corrected chi connectivity index (χ0v) is 7.49. The van der Waals surface area contributed by atoms with Crippen LogP contribution in [-0.2, 0) is 6.18 Å². The first-order chi connectivity index (χ1) is 6.45. The van der Waals surface area contributed by atoms with Crippen molar-refractivity contribution in [3.05, 3.63) is 23.8 Å². The van der Waals surface area contributed by atoms with Crippen molar-refractivity contribution in [3.63, 3.8) is 0 Å². The number of alkyl halides is 3. The zero-order valence-electron chi connectivity index (χ0n) is 6.67. The Hall–Kier alpha value is -1.35. The lowest BCUT2D eigenvalue weighted by molar-refractivity contribution is -0.138. The Labute approximate surface area is 82.0 Å². The number of thiocyanates is 1. The van der Waals surface area contributed by atoms with Gasteiger partial charge in [-0.1, -0.05) is 0 Å². The van der Waals surface area contributed by atoms with E-state index in [1.807, 2.05) is 0 Å². The SMILES string of the molecule is N#CSc1ccc(O)c(C(F)(F)F)c1. The first kappa shape index (κ1) is 10.7. The molecule has 0 unspecified atom stereocenters. The molecule has 0 fully saturated rings. The molecule has 0 heterocycles. The highest BCUT2D eigenvalue weighted by Crippen LogP contribution is 2.37. The van der Waals surface area contributed by atoms with Crippen LogP contribution in [-0.4, -0.2) is 5.11 Å². The van der Waals surface area contributed by atoms with E-state index in [4.69, 9.17) is 10.4 Å². The zero-order chi connectivity index (χ0) is 10.8. The summed E-state index contributed by atoms with van der Waals surface area (Å²) in [4.78, 5) is 0.151. The summed E-state index contributed by atoms with van der Waals surface area (Å²) in [5.41, 5.74) is -1.13. The van der Waals surface area contributed by atoms with Gasteiger partial charge in [-0.25, -0.2) is 0 Å². The van der Waals surface area contributed by atoms with Crippen LogP contribution in [0.3, 0.4) is 0 Å². The maximum Gasteiger partial charge on any atom is 0.419 e. The molecular formula is C8H4F3NOS. The lowest BCUT2D eigenvalue weighted by Crippen LogP contribution is -2.05. The van der Waals surface area contributed by atoms with E-state index in [0.717, 1.165) is 12.1 Å². The number of thioether (sulfide) groups is 1. The van der Waals surface area contributed by atoms with Crippen LogP contribution in [0.5, 0.6) is 5.75 Å². The number of phenolic OH excluding ortho intramolecular Hbond substituents is 1. The van der Waals surface area contributed by atoms with Gasteiger partial charge in [0.1, 0.15) is 11.2 Å². The highest BCUT2D eigenvalue weighted by atomic mass is 32.2. The fraction of sp³-hybridized carbons (Fsp3) is 0.125. The third-order valence-corrected chi connectivity index (χ3v) is 2.02. The van der Waals surface area contributed by atoms with Crippen molar-refractivity contribution < 1.29 is 18.3 Å². The third kappa shape index (κ3) is 2.33. The maximum atomic E-state index is 12.2. The first-order valence-electron chi connectivity index (χ1n) is 3.41. The van der Waals surface area contributed by atoms with Gasteiger partial charge < -0.3 is 5.11 Å². The smallest absolute Gasteiger partial charge is 0.419 e. The molecule has 1 rings (SSSR count). The van der Waals surface area contributed by atoms with E-state index in [1.54, 1.807) is 5.40 Å². The van der Waals surface area contributed by atoms with Crippen molar-refractivity contribution in [2.24, 2.45) is 0 Å². The number of hydrogen-bond donors (Lipinski definition) is 1. The molecule has 14 heavy (non-hydrogen) atoms. The number of rotatable bonds is 1. The third-order valence-electron chi connectivity index (χ3n) is 1.44. The Balaban J connectivity index is 3.17. The Morgan fingerprint density at radius 1 is 1.36 bits per heavy atom. The topological polar surface area (TPSA) is 44.0 Å². The Kier molecular flexibility index (Phi) is 2.91. The van der Waals surface area contributed by atoms with Gasteiger partial charge in [0.2, 0.25) is 0 Å². The second kappa shape index (κ2) is 3.80.